The Morgan fingerprint density at radius 2 is 2.00 bits per heavy atom. The second-order valence-electron chi connectivity index (χ2n) is 5.59. The Kier molecular flexibility index (Phi) is 3.34. The first kappa shape index (κ1) is 12.4. The third-order valence-electron chi connectivity index (χ3n) is 4.12. The van der Waals surface area contributed by atoms with Crippen molar-refractivity contribution in [2.45, 2.75) is 38.1 Å². The second-order valence-corrected chi connectivity index (χ2v) is 5.59. The van der Waals surface area contributed by atoms with E-state index in [9.17, 15) is 0 Å². The van der Waals surface area contributed by atoms with E-state index in [0.29, 0.717) is 5.92 Å². The average Bonchev–Trinajstić information content (AvgIpc) is 2.91. The first-order chi connectivity index (χ1) is 9.25. The van der Waals surface area contributed by atoms with E-state index in [1.54, 1.807) is 0 Å². The second kappa shape index (κ2) is 5.13. The van der Waals surface area contributed by atoms with Crippen LogP contribution in [0.1, 0.15) is 37.8 Å². The summed E-state index contributed by atoms with van der Waals surface area (Å²) < 4.78 is 1.93. The Labute approximate surface area is 113 Å². The SMILES string of the molecule is CC1CCC(N)C(c2cnnn2-c2ccccc2)C1. The van der Waals surface area contributed by atoms with Crippen LogP contribution in [0.25, 0.3) is 5.69 Å². The van der Waals surface area contributed by atoms with Gasteiger partial charge in [-0.2, -0.15) is 0 Å². The molecule has 0 radical (unpaired) electrons. The lowest BCUT2D eigenvalue weighted by Gasteiger charge is -2.32. The third-order valence-corrected chi connectivity index (χ3v) is 4.12. The molecule has 4 heteroatoms. The lowest BCUT2D eigenvalue weighted by atomic mass is 9.77. The Balaban J connectivity index is 1.96. The van der Waals surface area contributed by atoms with Crippen LogP contribution in [0.4, 0.5) is 0 Å². The Morgan fingerprint density at radius 3 is 2.79 bits per heavy atom. The molecule has 100 valence electrons. The van der Waals surface area contributed by atoms with Gasteiger partial charge in [-0.05, 0) is 37.3 Å². The van der Waals surface area contributed by atoms with E-state index >= 15 is 0 Å². The fourth-order valence-corrected chi connectivity index (χ4v) is 3.01. The topological polar surface area (TPSA) is 56.7 Å². The van der Waals surface area contributed by atoms with Gasteiger partial charge in [-0.3, -0.25) is 0 Å². The number of para-hydroxylation sites is 1. The molecule has 1 aromatic heterocycles. The highest BCUT2D eigenvalue weighted by molar-refractivity contribution is 5.32. The molecule has 0 bridgehead atoms. The molecular weight excluding hydrogens is 236 g/mol. The molecule has 0 spiro atoms. The number of nitrogens with two attached hydrogens (primary N) is 1. The van der Waals surface area contributed by atoms with E-state index in [0.717, 1.165) is 30.1 Å². The Hall–Kier alpha value is -1.68. The molecule has 4 nitrogen and oxygen atoms in total. The molecule has 19 heavy (non-hydrogen) atoms. The third kappa shape index (κ3) is 2.40. The minimum Gasteiger partial charge on any atom is -0.327 e. The summed E-state index contributed by atoms with van der Waals surface area (Å²) in [6, 6.07) is 10.4. The highest BCUT2D eigenvalue weighted by Crippen LogP contribution is 2.35. The molecule has 3 rings (SSSR count). The van der Waals surface area contributed by atoms with Crippen LogP contribution in [0.5, 0.6) is 0 Å². The number of hydrogen-bond acceptors (Lipinski definition) is 3. The van der Waals surface area contributed by atoms with Gasteiger partial charge in [-0.15, -0.1) is 5.10 Å². The average molecular weight is 256 g/mol. The summed E-state index contributed by atoms with van der Waals surface area (Å²) in [6.45, 7) is 2.30. The summed E-state index contributed by atoms with van der Waals surface area (Å²) >= 11 is 0. The fraction of sp³-hybridized carbons (Fsp3) is 0.467. The molecule has 1 aliphatic carbocycles. The van der Waals surface area contributed by atoms with E-state index in [-0.39, 0.29) is 6.04 Å². The van der Waals surface area contributed by atoms with Crippen LogP contribution >= 0.6 is 0 Å². The van der Waals surface area contributed by atoms with Crippen molar-refractivity contribution in [3.8, 4) is 5.69 Å². The van der Waals surface area contributed by atoms with Crippen molar-refractivity contribution in [2.75, 3.05) is 0 Å². The number of rotatable bonds is 2. The molecule has 1 fully saturated rings. The number of hydrogen-bond donors (Lipinski definition) is 1. The van der Waals surface area contributed by atoms with Crippen LogP contribution in [0.15, 0.2) is 36.5 Å². The maximum Gasteiger partial charge on any atom is 0.0733 e. The Morgan fingerprint density at radius 1 is 1.21 bits per heavy atom. The fourth-order valence-electron chi connectivity index (χ4n) is 3.01. The maximum absolute atomic E-state index is 6.31. The molecule has 0 saturated heterocycles. The van der Waals surface area contributed by atoms with Crippen molar-refractivity contribution in [3.63, 3.8) is 0 Å². The molecular formula is C15H20N4. The predicted molar refractivity (Wildman–Crippen MR) is 75.1 cm³/mol. The van der Waals surface area contributed by atoms with Gasteiger partial charge in [0.05, 0.1) is 17.6 Å². The molecule has 1 saturated carbocycles. The zero-order valence-corrected chi connectivity index (χ0v) is 11.2. The van der Waals surface area contributed by atoms with Gasteiger partial charge in [-0.1, -0.05) is 30.3 Å². The van der Waals surface area contributed by atoms with Gasteiger partial charge in [0.2, 0.25) is 0 Å². The monoisotopic (exact) mass is 256 g/mol. The molecule has 1 aromatic carbocycles. The molecule has 2 aromatic rings. The van der Waals surface area contributed by atoms with E-state index in [1.165, 1.54) is 6.42 Å². The van der Waals surface area contributed by atoms with Crippen LogP contribution < -0.4 is 5.73 Å². The van der Waals surface area contributed by atoms with Gasteiger partial charge in [0.25, 0.3) is 0 Å². The quantitative estimate of drug-likeness (QED) is 0.898. The highest BCUT2D eigenvalue weighted by Gasteiger charge is 2.30. The first-order valence-electron chi connectivity index (χ1n) is 6.97. The molecule has 3 atom stereocenters. The summed E-state index contributed by atoms with van der Waals surface area (Å²) in [6.07, 6.45) is 5.31. The van der Waals surface area contributed by atoms with Gasteiger partial charge in [0.1, 0.15) is 0 Å². The summed E-state index contributed by atoms with van der Waals surface area (Å²) in [7, 11) is 0. The van der Waals surface area contributed by atoms with Gasteiger partial charge in [-0.25, -0.2) is 4.68 Å². The predicted octanol–water partition coefficient (Wildman–Crippen LogP) is 2.50. The van der Waals surface area contributed by atoms with E-state index < -0.39 is 0 Å². The molecule has 0 amide bonds. The van der Waals surface area contributed by atoms with Crippen molar-refractivity contribution in [1.29, 1.82) is 0 Å². The maximum atomic E-state index is 6.31. The van der Waals surface area contributed by atoms with Crippen molar-refractivity contribution in [2.24, 2.45) is 11.7 Å². The Bertz CT molecular complexity index is 534. The van der Waals surface area contributed by atoms with Crippen molar-refractivity contribution < 1.29 is 0 Å². The minimum atomic E-state index is 0.220. The molecule has 2 N–H and O–H groups in total. The smallest absolute Gasteiger partial charge is 0.0733 e. The minimum absolute atomic E-state index is 0.220. The van der Waals surface area contributed by atoms with E-state index in [2.05, 4.69) is 29.4 Å². The van der Waals surface area contributed by atoms with Gasteiger partial charge >= 0.3 is 0 Å². The van der Waals surface area contributed by atoms with Crippen LogP contribution in [-0.4, -0.2) is 21.0 Å². The van der Waals surface area contributed by atoms with Crippen LogP contribution in [0, 0.1) is 5.92 Å². The number of benzene rings is 1. The normalized spacial score (nSPS) is 27.4. The van der Waals surface area contributed by atoms with Crippen LogP contribution in [-0.2, 0) is 0 Å². The zero-order valence-electron chi connectivity index (χ0n) is 11.2. The van der Waals surface area contributed by atoms with Crippen molar-refractivity contribution in [3.05, 3.63) is 42.2 Å². The highest BCUT2D eigenvalue weighted by atomic mass is 15.4. The zero-order chi connectivity index (χ0) is 13.2. The van der Waals surface area contributed by atoms with E-state index in [4.69, 9.17) is 5.73 Å². The van der Waals surface area contributed by atoms with Crippen LogP contribution in [0.3, 0.4) is 0 Å². The van der Waals surface area contributed by atoms with Crippen LogP contribution in [0.2, 0.25) is 0 Å². The van der Waals surface area contributed by atoms with Gasteiger partial charge in [0, 0.05) is 12.0 Å². The molecule has 1 heterocycles. The largest absolute Gasteiger partial charge is 0.327 e. The van der Waals surface area contributed by atoms with Crippen molar-refractivity contribution >= 4 is 0 Å². The van der Waals surface area contributed by atoms with Crippen molar-refractivity contribution in [1.82, 2.24) is 15.0 Å². The van der Waals surface area contributed by atoms with Gasteiger partial charge in [0.15, 0.2) is 0 Å². The standard InChI is InChI=1S/C15H20N4/c1-11-7-8-14(16)13(9-11)15-10-17-18-19(15)12-5-3-2-4-6-12/h2-6,10-11,13-14H,7-9,16H2,1H3. The first-order valence-corrected chi connectivity index (χ1v) is 6.97. The summed E-state index contributed by atoms with van der Waals surface area (Å²) in [5, 5.41) is 8.32. The molecule has 1 aliphatic rings. The van der Waals surface area contributed by atoms with Gasteiger partial charge < -0.3 is 5.73 Å². The summed E-state index contributed by atoms with van der Waals surface area (Å²) in [5.74, 6) is 1.09. The number of aromatic nitrogens is 3. The lowest BCUT2D eigenvalue weighted by Crippen LogP contribution is -2.35. The molecule has 0 aliphatic heterocycles. The number of nitrogens with zero attached hydrogens (tertiary/aromatic N) is 3. The summed E-state index contributed by atoms with van der Waals surface area (Å²) in [4.78, 5) is 0. The molecule has 3 unspecified atom stereocenters. The summed E-state index contributed by atoms with van der Waals surface area (Å²) in [5.41, 5.74) is 8.51. The lowest BCUT2D eigenvalue weighted by molar-refractivity contribution is 0.299. The van der Waals surface area contributed by atoms with E-state index in [1.807, 2.05) is 29.1 Å².